The maximum absolute atomic E-state index is 4.55. The van der Waals surface area contributed by atoms with Crippen molar-refractivity contribution < 1.29 is 0 Å². The van der Waals surface area contributed by atoms with Crippen molar-refractivity contribution in [1.82, 2.24) is 19.7 Å². The van der Waals surface area contributed by atoms with E-state index in [4.69, 9.17) is 0 Å². The van der Waals surface area contributed by atoms with Gasteiger partial charge in [0.2, 0.25) is 0 Å². The second-order valence-corrected chi connectivity index (χ2v) is 4.94. The molecule has 2 heterocycles. The number of aromatic nitrogens is 4. The summed E-state index contributed by atoms with van der Waals surface area (Å²) in [4.78, 5) is 9.09. The lowest BCUT2D eigenvalue weighted by atomic mass is 10.4. The molecule has 0 aliphatic rings. The molecule has 0 atom stereocenters. The molecule has 1 N–H and O–H groups in total. The van der Waals surface area contributed by atoms with Gasteiger partial charge in [0.15, 0.2) is 5.65 Å². The maximum Gasteiger partial charge on any atom is 0.163 e. The van der Waals surface area contributed by atoms with Gasteiger partial charge >= 0.3 is 0 Å². The molecule has 0 aliphatic heterocycles. The van der Waals surface area contributed by atoms with Gasteiger partial charge in [0.25, 0.3) is 0 Å². The molecule has 0 saturated carbocycles. The lowest BCUT2D eigenvalue weighted by Crippen LogP contribution is -2.05. The average molecular weight is 251 g/mol. The number of hydrogen-bond donors (Lipinski definition) is 1. The Morgan fingerprint density at radius 3 is 2.88 bits per heavy atom. The predicted molar refractivity (Wildman–Crippen MR) is 72.3 cm³/mol. The summed E-state index contributed by atoms with van der Waals surface area (Å²) < 4.78 is 1.79. The molecule has 2 aromatic rings. The van der Waals surface area contributed by atoms with E-state index in [2.05, 4.69) is 34.2 Å². The fourth-order valence-electron chi connectivity index (χ4n) is 1.63. The molecule has 5 nitrogen and oxygen atoms in total. The molecule has 0 unspecified atom stereocenters. The molecule has 0 saturated heterocycles. The van der Waals surface area contributed by atoms with Crippen molar-refractivity contribution in [2.75, 3.05) is 17.6 Å². The van der Waals surface area contributed by atoms with Crippen molar-refractivity contribution in [3.63, 3.8) is 0 Å². The minimum absolute atomic E-state index is 0.843. The van der Waals surface area contributed by atoms with Gasteiger partial charge in [0.1, 0.15) is 11.6 Å². The minimum atomic E-state index is 0.843. The number of hydrogen-bond acceptors (Lipinski definition) is 5. The van der Waals surface area contributed by atoms with Crippen LogP contribution in [0.15, 0.2) is 6.20 Å². The molecular weight excluding hydrogens is 234 g/mol. The van der Waals surface area contributed by atoms with E-state index >= 15 is 0 Å². The second-order valence-electron chi connectivity index (χ2n) is 3.66. The highest BCUT2D eigenvalue weighted by atomic mass is 32.2. The van der Waals surface area contributed by atoms with Gasteiger partial charge in [0.05, 0.1) is 17.3 Å². The molecule has 0 aromatic carbocycles. The fraction of sp³-hybridized carbons (Fsp3) is 0.545. The Balaban J connectivity index is 2.44. The Labute approximate surface area is 105 Å². The van der Waals surface area contributed by atoms with Crippen molar-refractivity contribution in [1.29, 1.82) is 0 Å². The van der Waals surface area contributed by atoms with E-state index in [1.165, 1.54) is 0 Å². The maximum atomic E-state index is 4.55. The van der Waals surface area contributed by atoms with E-state index in [0.29, 0.717) is 0 Å². The van der Waals surface area contributed by atoms with Gasteiger partial charge in [-0.05, 0) is 12.7 Å². The molecule has 0 radical (unpaired) electrons. The molecule has 6 heteroatoms. The Kier molecular flexibility index (Phi) is 3.83. The summed E-state index contributed by atoms with van der Waals surface area (Å²) in [6.07, 6.45) is 1.81. The van der Waals surface area contributed by atoms with Crippen LogP contribution in [-0.4, -0.2) is 32.0 Å². The van der Waals surface area contributed by atoms with Crippen LogP contribution < -0.4 is 5.32 Å². The van der Waals surface area contributed by atoms with Crippen molar-refractivity contribution in [2.45, 2.75) is 19.6 Å². The normalized spacial score (nSPS) is 11.0. The van der Waals surface area contributed by atoms with Gasteiger partial charge in [-0.2, -0.15) is 16.9 Å². The third kappa shape index (κ3) is 2.52. The molecule has 17 heavy (non-hydrogen) atoms. The lowest BCUT2D eigenvalue weighted by Gasteiger charge is -2.06. The topological polar surface area (TPSA) is 55.6 Å². The molecule has 2 rings (SSSR count). The summed E-state index contributed by atoms with van der Waals surface area (Å²) in [6.45, 7) is 5.05. The molecule has 0 aliphatic carbocycles. The SMILES string of the molecule is CCNc1nc(CSCC)nc2c1cnn2C. The lowest BCUT2D eigenvalue weighted by molar-refractivity contribution is 0.782. The van der Waals surface area contributed by atoms with Crippen molar-refractivity contribution in [2.24, 2.45) is 7.05 Å². The Bertz CT molecular complexity index is 508. The van der Waals surface area contributed by atoms with Crippen LogP contribution in [0.1, 0.15) is 19.7 Å². The van der Waals surface area contributed by atoms with Gasteiger partial charge < -0.3 is 5.32 Å². The third-order valence-electron chi connectivity index (χ3n) is 2.42. The molecule has 0 bridgehead atoms. The number of nitrogens with one attached hydrogen (secondary N) is 1. The first-order chi connectivity index (χ1) is 8.26. The zero-order chi connectivity index (χ0) is 12.3. The molecular formula is C11H17N5S. The van der Waals surface area contributed by atoms with Crippen LogP contribution in [0.2, 0.25) is 0 Å². The first-order valence-electron chi connectivity index (χ1n) is 5.76. The zero-order valence-corrected chi connectivity index (χ0v) is 11.2. The van der Waals surface area contributed by atoms with Gasteiger partial charge in [-0.3, -0.25) is 4.68 Å². The summed E-state index contributed by atoms with van der Waals surface area (Å²) in [5.74, 6) is 3.67. The molecule has 2 aromatic heterocycles. The average Bonchev–Trinajstić information content (AvgIpc) is 2.69. The monoisotopic (exact) mass is 251 g/mol. The van der Waals surface area contributed by atoms with Gasteiger partial charge in [-0.25, -0.2) is 9.97 Å². The Morgan fingerprint density at radius 1 is 1.35 bits per heavy atom. The smallest absolute Gasteiger partial charge is 0.163 e. The molecule has 0 amide bonds. The van der Waals surface area contributed by atoms with Crippen molar-refractivity contribution in [3.05, 3.63) is 12.0 Å². The van der Waals surface area contributed by atoms with Crippen LogP contribution in [-0.2, 0) is 12.8 Å². The van der Waals surface area contributed by atoms with E-state index < -0.39 is 0 Å². The fourth-order valence-corrected chi connectivity index (χ4v) is 2.14. The van der Waals surface area contributed by atoms with Gasteiger partial charge in [-0.15, -0.1) is 0 Å². The molecule has 0 spiro atoms. The second kappa shape index (κ2) is 5.35. The van der Waals surface area contributed by atoms with Gasteiger partial charge in [-0.1, -0.05) is 6.92 Å². The summed E-state index contributed by atoms with van der Waals surface area (Å²) in [6, 6.07) is 0. The standard InChI is InChI=1S/C11H17N5S/c1-4-12-10-8-6-13-16(3)11(8)15-9(14-10)7-17-5-2/h6H,4-5,7H2,1-3H3,(H,12,14,15). The molecule has 92 valence electrons. The number of anilines is 1. The van der Waals surface area contributed by atoms with E-state index in [1.807, 2.05) is 25.0 Å². The first-order valence-corrected chi connectivity index (χ1v) is 6.92. The number of aryl methyl sites for hydroxylation is 1. The highest BCUT2D eigenvalue weighted by Gasteiger charge is 2.10. The summed E-state index contributed by atoms with van der Waals surface area (Å²) in [5, 5.41) is 8.48. The van der Waals surface area contributed by atoms with Crippen LogP contribution in [0, 0.1) is 0 Å². The van der Waals surface area contributed by atoms with Crippen LogP contribution >= 0.6 is 11.8 Å². The Morgan fingerprint density at radius 2 is 2.18 bits per heavy atom. The van der Waals surface area contributed by atoms with Crippen LogP contribution in [0.5, 0.6) is 0 Å². The highest BCUT2D eigenvalue weighted by molar-refractivity contribution is 7.98. The number of fused-ring (bicyclic) bond motifs is 1. The van der Waals surface area contributed by atoms with E-state index in [1.54, 1.807) is 4.68 Å². The summed E-state index contributed by atoms with van der Waals surface area (Å²) in [7, 11) is 1.90. The predicted octanol–water partition coefficient (Wildman–Crippen LogP) is 2.05. The third-order valence-corrected chi connectivity index (χ3v) is 3.29. The van der Waals surface area contributed by atoms with Crippen LogP contribution in [0.25, 0.3) is 11.0 Å². The zero-order valence-electron chi connectivity index (χ0n) is 10.4. The van der Waals surface area contributed by atoms with Crippen molar-refractivity contribution in [3.8, 4) is 0 Å². The summed E-state index contributed by atoms with van der Waals surface area (Å²) >= 11 is 1.82. The summed E-state index contributed by atoms with van der Waals surface area (Å²) in [5.41, 5.74) is 0.891. The van der Waals surface area contributed by atoms with E-state index in [9.17, 15) is 0 Å². The van der Waals surface area contributed by atoms with E-state index in [0.717, 1.165) is 40.7 Å². The highest BCUT2D eigenvalue weighted by Crippen LogP contribution is 2.21. The van der Waals surface area contributed by atoms with E-state index in [-0.39, 0.29) is 0 Å². The number of thioether (sulfide) groups is 1. The first kappa shape index (κ1) is 12.2. The van der Waals surface area contributed by atoms with Crippen LogP contribution in [0.3, 0.4) is 0 Å². The molecule has 0 fully saturated rings. The quantitative estimate of drug-likeness (QED) is 0.881. The van der Waals surface area contributed by atoms with Crippen molar-refractivity contribution >= 4 is 28.6 Å². The minimum Gasteiger partial charge on any atom is -0.370 e. The Hall–Kier alpha value is -1.30. The largest absolute Gasteiger partial charge is 0.370 e. The van der Waals surface area contributed by atoms with Crippen LogP contribution in [0.4, 0.5) is 5.82 Å². The van der Waals surface area contributed by atoms with Gasteiger partial charge in [0, 0.05) is 13.6 Å². The number of nitrogens with zero attached hydrogens (tertiary/aromatic N) is 4. The number of rotatable bonds is 5.